The molecular formula is C11H16N2O2. The Kier molecular flexibility index (Phi) is 4.77. The third-order valence-corrected chi connectivity index (χ3v) is 2.15. The van der Waals surface area contributed by atoms with Gasteiger partial charge in [0, 0.05) is 18.9 Å². The fourth-order valence-corrected chi connectivity index (χ4v) is 1.35. The Hall–Kier alpha value is -1.42. The molecule has 1 rings (SSSR count). The average Bonchev–Trinajstić information content (AvgIpc) is 2.25. The van der Waals surface area contributed by atoms with Gasteiger partial charge in [-0.2, -0.15) is 0 Å². The highest BCUT2D eigenvalue weighted by Gasteiger charge is 2.14. The molecular weight excluding hydrogens is 192 g/mol. The molecule has 4 heteroatoms. The van der Waals surface area contributed by atoms with Crippen molar-refractivity contribution in [2.24, 2.45) is 0 Å². The normalized spacial score (nSPS) is 12.3. The van der Waals surface area contributed by atoms with Crippen LogP contribution in [0.3, 0.4) is 0 Å². The van der Waals surface area contributed by atoms with E-state index in [2.05, 4.69) is 10.3 Å². The lowest BCUT2D eigenvalue weighted by Crippen LogP contribution is -2.35. The summed E-state index contributed by atoms with van der Waals surface area (Å²) in [5.74, 6) is -0.791. The molecule has 0 aliphatic rings. The molecule has 1 unspecified atom stereocenters. The zero-order valence-electron chi connectivity index (χ0n) is 8.81. The highest BCUT2D eigenvalue weighted by Crippen LogP contribution is 2.00. The Balaban J connectivity index is 2.43. The molecule has 0 aliphatic heterocycles. The molecule has 2 N–H and O–H groups in total. The van der Waals surface area contributed by atoms with Crippen molar-refractivity contribution in [2.75, 3.05) is 0 Å². The summed E-state index contributed by atoms with van der Waals surface area (Å²) in [5.41, 5.74) is 1.000. The first kappa shape index (κ1) is 11.7. The Morgan fingerprint density at radius 1 is 1.67 bits per heavy atom. The van der Waals surface area contributed by atoms with Crippen LogP contribution in [0.2, 0.25) is 0 Å². The number of nitrogens with zero attached hydrogens (tertiary/aromatic N) is 1. The lowest BCUT2D eigenvalue weighted by atomic mass is 10.1. The quantitative estimate of drug-likeness (QED) is 0.742. The van der Waals surface area contributed by atoms with Crippen molar-refractivity contribution < 1.29 is 9.90 Å². The second kappa shape index (κ2) is 6.14. The molecule has 82 valence electrons. The molecule has 0 aromatic carbocycles. The summed E-state index contributed by atoms with van der Waals surface area (Å²) in [6.45, 7) is 2.52. The van der Waals surface area contributed by atoms with Gasteiger partial charge in [-0.3, -0.25) is 9.78 Å². The van der Waals surface area contributed by atoms with Crippen LogP contribution in [0.25, 0.3) is 0 Å². The largest absolute Gasteiger partial charge is 0.480 e. The van der Waals surface area contributed by atoms with Crippen LogP contribution in [-0.4, -0.2) is 22.1 Å². The van der Waals surface area contributed by atoms with E-state index in [9.17, 15) is 4.79 Å². The van der Waals surface area contributed by atoms with E-state index in [1.807, 2.05) is 19.1 Å². The standard InChI is InChI=1S/C11H16N2O2/c1-2-4-10(11(14)15)13-8-9-5-3-6-12-7-9/h3,5-7,10,13H,2,4,8H2,1H3,(H,14,15). The molecule has 1 aromatic rings. The second-order valence-electron chi connectivity index (χ2n) is 3.42. The van der Waals surface area contributed by atoms with Crippen molar-refractivity contribution in [1.29, 1.82) is 0 Å². The molecule has 0 radical (unpaired) electrons. The molecule has 0 amide bonds. The summed E-state index contributed by atoms with van der Waals surface area (Å²) in [5, 5.41) is 11.9. The Bertz CT molecular complexity index is 301. The van der Waals surface area contributed by atoms with Gasteiger partial charge in [0.1, 0.15) is 6.04 Å². The van der Waals surface area contributed by atoms with Gasteiger partial charge in [-0.05, 0) is 18.1 Å². The van der Waals surface area contributed by atoms with E-state index < -0.39 is 12.0 Å². The van der Waals surface area contributed by atoms with Gasteiger partial charge in [0.15, 0.2) is 0 Å². The Morgan fingerprint density at radius 3 is 3.00 bits per heavy atom. The Morgan fingerprint density at radius 2 is 2.47 bits per heavy atom. The van der Waals surface area contributed by atoms with Crippen molar-refractivity contribution in [3.8, 4) is 0 Å². The number of hydrogen-bond donors (Lipinski definition) is 2. The lowest BCUT2D eigenvalue weighted by molar-refractivity contribution is -0.139. The topological polar surface area (TPSA) is 62.2 Å². The maximum absolute atomic E-state index is 10.8. The van der Waals surface area contributed by atoms with Gasteiger partial charge in [-0.25, -0.2) is 0 Å². The summed E-state index contributed by atoms with van der Waals surface area (Å²) >= 11 is 0. The summed E-state index contributed by atoms with van der Waals surface area (Å²) < 4.78 is 0. The van der Waals surface area contributed by atoms with Crippen molar-refractivity contribution in [3.05, 3.63) is 30.1 Å². The fourth-order valence-electron chi connectivity index (χ4n) is 1.35. The number of carboxylic acid groups (broad SMARTS) is 1. The number of hydrogen-bond acceptors (Lipinski definition) is 3. The van der Waals surface area contributed by atoms with E-state index in [0.717, 1.165) is 12.0 Å². The monoisotopic (exact) mass is 208 g/mol. The van der Waals surface area contributed by atoms with Gasteiger partial charge < -0.3 is 10.4 Å². The summed E-state index contributed by atoms with van der Waals surface area (Å²) in [4.78, 5) is 14.8. The fraction of sp³-hybridized carbons (Fsp3) is 0.455. The molecule has 0 aliphatic carbocycles. The number of carboxylic acids is 1. The molecule has 15 heavy (non-hydrogen) atoms. The van der Waals surface area contributed by atoms with E-state index in [1.165, 1.54) is 0 Å². The van der Waals surface area contributed by atoms with E-state index in [4.69, 9.17) is 5.11 Å². The third kappa shape index (κ3) is 4.08. The maximum Gasteiger partial charge on any atom is 0.320 e. The van der Waals surface area contributed by atoms with Crippen molar-refractivity contribution in [3.63, 3.8) is 0 Å². The lowest BCUT2D eigenvalue weighted by Gasteiger charge is -2.12. The van der Waals surface area contributed by atoms with Crippen LogP contribution in [-0.2, 0) is 11.3 Å². The smallest absolute Gasteiger partial charge is 0.320 e. The van der Waals surface area contributed by atoms with Crippen LogP contribution >= 0.6 is 0 Å². The summed E-state index contributed by atoms with van der Waals surface area (Å²) in [7, 11) is 0. The van der Waals surface area contributed by atoms with E-state index in [-0.39, 0.29) is 0 Å². The highest BCUT2D eigenvalue weighted by molar-refractivity contribution is 5.73. The molecule has 0 saturated carbocycles. The van der Waals surface area contributed by atoms with Gasteiger partial charge in [-0.15, -0.1) is 0 Å². The van der Waals surface area contributed by atoms with Crippen LogP contribution < -0.4 is 5.32 Å². The molecule has 1 aromatic heterocycles. The van der Waals surface area contributed by atoms with Crippen LogP contribution in [0, 0.1) is 0 Å². The molecule has 0 saturated heterocycles. The second-order valence-corrected chi connectivity index (χ2v) is 3.42. The number of nitrogens with one attached hydrogen (secondary N) is 1. The van der Waals surface area contributed by atoms with Gasteiger partial charge >= 0.3 is 5.97 Å². The van der Waals surface area contributed by atoms with Crippen molar-refractivity contribution >= 4 is 5.97 Å². The molecule has 0 fully saturated rings. The number of carbonyl (C=O) groups is 1. The summed E-state index contributed by atoms with van der Waals surface area (Å²) in [6.07, 6.45) is 4.94. The average molecular weight is 208 g/mol. The predicted molar refractivity (Wildman–Crippen MR) is 57.4 cm³/mol. The van der Waals surface area contributed by atoms with Crippen LogP contribution in [0.15, 0.2) is 24.5 Å². The third-order valence-electron chi connectivity index (χ3n) is 2.15. The zero-order valence-corrected chi connectivity index (χ0v) is 8.81. The first-order valence-electron chi connectivity index (χ1n) is 5.09. The Labute approximate surface area is 89.3 Å². The van der Waals surface area contributed by atoms with Gasteiger partial charge in [0.2, 0.25) is 0 Å². The minimum Gasteiger partial charge on any atom is -0.480 e. The molecule has 0 spiro atoms. The van der Waals surface area contributed by atoms with E-state index in [1.54, 1.807) is 12.4 Å². The van der Waals surface area contributed by atoms with Crippen molar-refractivity contribution in [1.82, 2.24) is 10.3 Å². The first-order valence-corrected chi connectivity index (χ1v) is 5.09. The molecule has 1 atom stereocenters. The minimum atomic E-state index is -0.791. The highest BCUT2D eigenvalue weighted by atomic mass is 16.4. The summed E-state index contributed by atoms with van der Waals surface area (Å²) in [6, 6.07) is 3.30. The number of pyridine rings is 1. The zero-order chi connectivity index (χ0) is 11.1. The van der Waals surface area contributed by atoms with Gasteiger partial charge in [0.05, 0.1) is 0 Å². The number of aliphatic carboxylic acids is 1. The van der Waals surface area contributed by atoms with Gasteiger partial charge in [0.25, 0.3) is 0 Å². The minimum absolute atomic E-state index is 0.463. The number of aromatic nitrogens is 1. The maximum atomic E-state index is 10.8. The van der Waals surface area contributed by atoms with Crippen molar-refractivity contribution in [2.45, 2.75) is 32.4 Å². The van der Waals surface area contributed by atoms with E-state index >= 15 is 0 Å². The van der Waals surface area contributed by atoms with Gasteiger partial charge in [-0.1, -0.05) is 19.4 Å². The molecule has 1 heterocycles. The van der Waals surface area contributed by atoms with Crippen LogP contribution in [0.5, 0.6) is 0 Å². The first-order chi connectivity index (χ1) is 7.24. The molecule has 0 bridgehead atoms. The molecule has 4 nitrogen and oxygen atoms in total. The van der Waals surface area contributed by atoms with Crippen LogP contribution in [0.4, 0.5) is 0 Å². The van der Waals surface area contributed by atoms with E-state index in [0.29, 0.717) is 13.0 Å². The predicted octanol–water partition coefficient (Wildman–Crippen LogP) is 1.42. The van der Waals surface area contributed by atoms with Crippen LogP contribution in [0.1, 0.15) is 25.3 Å². The number of rotatable bonds is 6. The SMILES string of the molecule is CCCC(NCc1cccnc1)C(=O)O.